The number of carbonyl (C=O) groups excluding carboxylic acids is 3. The molecule has 7 rings (SSSR count). The molecule has 2 aliphatic heterocycles. The van der Waals surface area contributed by atoms with E-state index < -0.39 is 79.7 Å². The van der Waals surface area contributed by atoms with Gasteiger partial charge in [-0.2, -0.15) is 21.0 Å². The Morgan fingerprint density at radius 1 is 0.725 bits per heavy atom. The molecule has 208 valence electrons. The highest BCUT2D eigenvalue weighted by Gasteiger charge is 2.74. The monoisotopic (exact) mass is 715 g/mol. The fourth-order valence-electron chi connectivity index (χ4n) is 5.90. The van der Waals surface area contributed by atoms with Crippen LogP contribution in [0.2, 0.25) is 0 Å². The average molecular weight is 717 g/mol. The van der Waals surface area contributed by atoms with Crippen molar-refractivity contribution in [2.24, 2.45) is 29.6 Å². The van der Waals surface area contributed by atoms with Crippen molar-refractivity contribution < 1.29 is 44.4 Å². The Bertz CT molecular complexity index is 1730. The zero-order valence-electron chi connectivity index (χ0n) is 19.9. The number of hydrogen-bond acceptors (Lipinski definition) is 10. The number of hydrogen-bond donors (Lipinski definition) is 0. The van der Waals surface area contributed by atoms with Crippen LogP contribution < -0.4 is 0 Å². The van der Waals surface area contributed by atoms with E-state index in [1.807, 2.05) is 0 Å². The van der Waals surface area contributed by atoms with E-state index in [0.29, 0.717) is 13.7 Å². The fraction of sp³-hybridized carbons (Fsp3) is 0.292. The van der Waals surface area contributed by atoms with E-state index in [9.17, 15) is 36.1 Å². The molecule has 40 heavy (non-hydrogen) atoms. The number of hydroxylamine groups is 2. The van der Waals surface area contributed by atoms with Gasteiger partial charge in [-0.3, -0.25) is 14.4 Å². The number of rotatable bonds is 6. The van der Waals surface area contributed by atoms with Gasteiger partial charge in [-0.15, -0.1) is 9.35 Å². The Kier molecular flexibility index (Phi) is 6.51. The minimum Gasteiger partial charge on any atom is -0.298 e. The van der Waals surface area contributed by atoms with Crippen LogP contribution in [0.3, 0.4) is 0 Å². The molecule has 2 aromatic rings. The van der Waals surface area contributed by atoms with Crippen LogP contribution in [0, 0.1) is 34.5 Å². The summed E-state index contributed by atoms with van der Waals surface area (Å²) in [5, 5.41) is 0.132. The first-order valence-corrected chi connectivity index (χ1v) is 16.2. The average Bonchev–Trinajstić information content (AvgIpc) is 3.14. The number of nitrogens with zero attached hydrogens (tertiary/aromatic N) is 2. The summed E-state index contributed by atoms with van der Waals surface area (Å²) in [6.45, 7) is 0. The molecular formula is C24H17Br2N2O10S2+. The third-order valence-electron chi connectivity index (χ3n) is 7.60. The third kappa shape index (κ3) is 4.15. The second kappa shape index (κ2) is 9.46. The number of imide groups is 1. The smallest absolute Gasteiger partial charge is 0.298 e. The lowest BCUT2D eigenvalue weighted by molar-refractivity contribution is -0.624. The molecule has 2 amide bonds. The summed E-state index contributed by atoms with van der Waals surface area (Å²) in [6.07, 6.45) is 0.916. The van der Waals surface area contributed by atoms with Crippen molar-refractivity contribution in [2.75, 3.05) is 0 Å². The number of nitroso groups, excluding NO2 is 1. The molecule has 16 heteroatoms. The highest BCUT2D eigenvalue weighted by Crippen LogP contribution is 2.55. The maximum atomic E-state index is 13.6. The van der Waals surface area contributed by atoms with Gasteiger partial charge in [0.2, 0.25) is 6.04 Å². The molecule has 7 atom stereocenters. The fourth-order valence-corrected chi connectivity index (χ4v) is 8.37. The van der Waals surface area contributed by atoms with Crippen LogP contribution in [0.15, 0.2) is 79.4 Å². The van der Waals surface area contributed by atoms with Gasteiger partial charge >= 0.3 is 26.5 Å². The van der Waals surface area contributed by atoms with Crippen LogP contribution >= 0.6 is 31.9 Å². The van der Waals surface area contributed by atoms with Crippen LogP contribution in [0.4, 0.5) is 0 Å². The van der Waals surface area contributed by atoms with E-state index in [1.54, 1.807) is 0 Å². The number of benzene rings is 2. The lowest BCUT2D eigenvalue weighted by atomic mass is 9.63. The summed E-state index contributed by atoms with van der Waals surface area (Å²) in [4.78, 5) is 53.2. The van der Waals surface area contributed by atoms with Crippen LogP contribution in [0.1, 0.15) is 0 Å². The maximum Gasteiger partial charge on any atom is 0.330 e. The molecule has 0 N–H and O–H groups in total. The number of halogens is 2. The molecule has 2 aromatic carbocycles. The van der Waals surface area contributed by atoms with Crippen molar-refractivity contribution in [3.8, 4) is 0 Å². The van der Waals surface area contributed by atoms with Gasteiger partial charge in [0.05, 0.1) is 27.5 Å². The summed E-state index contributed by atoms with van der Waals surface area (Å²) in [5.41, 5.74) is 0. The lowest BCUT2D eigenvalue weighted by Gasteiger charge is -2.33. The molecule has 1 saturated carbocycles. The van der Waals surface area contributed by atoms with E-state index in [-0.39, 0.29) is 14.9 Å². The van der Waals surface area contributed by atoms with Crippen molar-refractivity contribution in [1.29, 1.82) is 0 Å². The predicted octanol–water partition coefficient (Wildman–Crippen LogP) is 2.33. The number of carbonyl (C=O) groups is 3. The minimum atomic E-state index is -4.62. The molecule has 0 aromatic heterocycles. The summed E-state index contributed by atoms with van der Waals surface area (Å²) in [6, 6.07) is 9.54. The molecular weight excluding hydrogens is 700 g/mol. The molecule has 0 radical (unpaired) electrons. The van der Waals surface area contributed by atoms with Gasteiger partial charge in [-0.25, -0.2) is 0 Å². The zero-order chi connectivity index (χ0) is 28.7. The minimum absolute atomic E-state index is 0.132. The molecule has 0 spiro atoms. The molecule has 2 saturated heterocycles. The van der Waals surface area contributed by atoms with Crippen molar-refractivity contribution in [3.05, 3.63) is 74.5 Å². The third-order valence-corrected chi connectivity index (χ3v) is 11.1. The lowest BCUT2D eigenvalue weighted by Crippen LogP contribution is -2.49. The molecule has 7 unspecified atom stereocenters. The van der Waals surface area contributed by atoms with Crippen molar-refractivity contribution in [3.63, 3.8) is 0 Å². The van der Waals surface area contributed by atoms with E-state index in [4.69, 9.17) is 8.47 Å². The van der Waals surface area contributed by atoms with E-state index >= 15 is 0 Å². The SMILES string of the molecule is O=C1C2C=CC3C(C4C(=O)N(OS(=O)(=O)c5ccc(Br)cc5)C(=O)C24)C1C(OS(=O)(=O)c1ccc(Br)cc1)[N+]3=O. The van der Waals surface area contributed by atoms with E-state index in [2.05, 4.69) is 31.9 Å². The molecule has 2 heterocycles. The molecule has 4 bridgehead atoms. The quantitative estimate of drug-likeness (QED) is 0.188. The Morgan fingerprint density at radius 3 is 1.82 bits per heavy atom. The van der Waals surface area contributed by atoms with Crippen LogP contribution in [-0.2, 0) is 43.1 Å². The summed E-state index contributed by atoms with van der Waals surface area (Å²) in [5.74, 6) is -9.13. The van der Waals surface area contributed by atoms with Gasteiger partial charge in [0.25, 0.3) is 11.8 Å². The second-order valence-electron chi connectivity index (χ2n) is 9.67. The van der Waals surface area contributed by atoms with Crippen LogP contribution in [-0.4, -0.2) is 56.5 Å². The predicted molar refractivity (Wildman–Crippen MR) is 139 cm³/mol. The summed E-state index contributed by atoms with van der Waals surface area (Å²) >= 11 is 6.38. The topological polar surface area (TPSA) is 161 Å². The second-order valence-corrected chi connectivity index (χ2v) is 14.6. The first-order valence-electron chi connectivity index (χ1n) is 11.8. The highest BCUT2D eigenvalue weighted by atomic mass is 79.9. The first-order chi connectivity index (χ1) is 18.8. The maximum absolute atomic E-state index is 13.6. The largest absolute Gasteiger partial charge is 0.330 e. The van der Waals surface area contributed by atoms with Gasteiger partial charge in [-0.1, -0.05) is 37.9 Å². The van der Waals surface area contributed by atoms with Gasteiger partial charge in [0.15, 0.2) is 5.78 Å². The van der Waals surface area contributed by atoms with Crippen molar-refractivity contribution in [1.82, 2.24) is 5.06 Å². The van der Waals surface area contributed by atoms with Gasteiger partial charge in [-0.05, 0) is 54.6 Å². The van der Waals surface area contributed by atoms with Gasteiger partial charge < -0.3 is 0 Å². The molecule has 12 nitrogen and oxygen atoms in total. The van der Waals surface area contributed by atoms with E-state index in [1.165, 1.54) is 60.7 Å². The molecule has 5 aliphatic rings. The Balaban J connectivity index is 1.33. The molecule has 3 aliphatic carbocycles. The standard InChI is InChI=1S/C24H17Br2N2O10S2/c25-11-1-5-13(6-2-11)39(33,34)37-24-20-18-16(27(24)32)10-9-15(21(20)29)17-19(18)23(31)28(22(17)30)38-40(35,36)14-7-3-12(26)4-8-14/h1-10,15-20,24H/q+1. The van der Waals surface area contributed by atoms with Gasteiger partial charge in [0, 0.05) is 24.5 Å². The first kappa shape index (κ1) is 27.5. The van der Waals surface area contributed by atoms with Crippen molar-refractivity contribution in [2.45, 2.75) is 22.1 Å². The number of amides is 2. The number of Topliss-reactive ketones (excluding diaryl/α,β-unsaturated/α-hetero) is 1. The summed E-state index contributed by atoms with van der Waals surface area (Å²) < 4.78 is 63.4. The Labute approximate surface area is 244 Å². The molecule has 3 fully saturated rings. The van der Waals surface area contributed by atoms with Crippen LogP contribution in [0.25, 0.3) is 0 Å². The van der Waals surface area contributed by atoms with E-state index in [0.717, 1.165) is 0 Å². The van der Waals surface area contributed by atoms with Crippen LogP contribution in [0.5, 0.6) is 0 Å². The number of ketones is 1. The Morgan fingerprint density at radius 2 is 1.25 bits per heavy atom. The zero-order valence-corrected chi connectivity index (χ0v) is 24.7. The normalized spacial score (nSPS) is 31.1. The number of allylic oxidation sites excluding steroid dienone is 1. The Hall–Kier alpha value is -2.63. The summed E-state index contributed by atoms with van der Waals surface area (Å²) in [7, 11) is -9.12. The van der Waals surface area contributed by atoms with Crippen molar-refractivity contribution >= 4 is 69.7 Å². The highest BCUT2D eigenvalue weighted by molar-refractivity contribution is 9.10. The van der Waals surface area contributed by atoms with Gasteiger partial charge in [0.1, 0.15) is 5.92 Å².